The van der Waals surface area contributed by atoms with Crippen molar-refractivity contribution >= 4 is 24.0 Å². The number of hydrogen-bond donors (Lipinski definition) is 2. The molecular weight excluding hydrogens is 336 g/mol. The molecule has 0 saturated heterocycles. The number of carbonyl (C=O) groups is 1. The fourth-order valence-electron chi connectivity index (χ4n) is 2.77. The first-order valence-electron chi connectivity index (χ1n) is 8.50. The van der Waals surface area contributed by atoms with E-state index in [0.717, 1.165) is 35.6 Å². The number of benzene rings is 1. The number of anilines is 1. The van der Waals surface area contributed by atoms with Gasteiger partial charge in [-0.1, -0.05) is 26.0 Å². The first kappa shape index (κ1) is 21.0. The van der Waals surface area contributed by atoms with Gasteiger partial charge in [0.15, 0.2) is 0 Å². The highest BCUT2D eigenvalue weighted by Crippen LogP contribution is 2.15. The Hall–Kier alpha value is -2.01. The summed E-state index contributed by atoms with van der Waals surface area (Å²) in [6.07, 6.45) is 1.19. The second-order valence-corrected chi connectivity index (χ2v) is 6.74. The minimum atomic E-state index is 0. The lowest BCUT2D eigenvalue weighted by molar-refractivity contribution is -0.120. The van der Waals surface area contributed by atoms with E-state index in [1.807, 2.05) is 42.8 Å². The summed E-state index contributed by atoms with van der Waals surface area (Å²) in [6.45, 7) is 9.85. The van der Waals surface area contributed by atoms with Crippen molar-refractivity contribution < 1.29 is 4.79 Å². The molecule has 0 aliphatic heterocycles. The zero-order chi connectivity index (χ0) is 17.7. The van der Waals surface area contributed by atoms with E-state index in [1.165, 1.54) is 5.56 Å². The van der Waals surface area contributed by atoms with Crippen LogP contribution in [0, 0.1) is 19.8 Å². The molecule has 0 atom stereocenters. The van der Waals surface area contributed by atoms with Crippen molar-refractivity contribution in [3.8, 4) is 0 Å². The van der Waals surface area contributed by atoms with E-state index in [-0.39, 0.29) is 18.3 Å². The van der Waals surface area contributed by atoms with Crippen LogP contribution in [-0.4, -0.2) is 22.2 Å². The lowest BCUT2D eigenvalue weighted by atomic mass is 10.1. The molecule has 0 spiro atoms. The smallest absolute Gasteiger partial charge is 0.224 e. The minimum Gasteiger partial charge on any atom is -0.399 e. The average Bonchev–Trinajstić information content (AvgIpc) is 2.76. The molecule has 0 radical (unpaired) electrons. The Labute approximate surface area is 156 Å². The molecule has 0 unspecified atom stereocenters. The monoisotopic (exact) mass is 364 g/mol. The van der Waals surface area contributed by atoms with E-state index in [4.69, 9.17) is 5.73 Å². The number of nitrogens with zero attached hydrogens (tertiary/aromatic N) is 2. The summed E-state index contributed by atoms with van der Waals surface area (Å²) in [5.74, 6) is 0.574. The maximum atomic E-state index is 12.2. The van der Waals surface area contributed by atoms with Crippen LogP contribution in [0.5, 0.6) is 0 Å². The number of hydrogen-bond acceptors (Lipinski definition) is 3. The predicted molar refractivity (Wildman–Crippen MR) is 105 cm³/mol. The van der Waals surface area contributed by atoms with Crippen LogP contribution >= 0.6 is 12.4 Å². The van der Waals surface area contributed by atoms with E-state index in [0.29, 0.717) is 18.9 Å². The molecule has 0 saturated carbocycles. The second kappa shape index (κ2) is 9.47. The van der Waals surface area contributed by atoms with Crippen LogP contribution in [0.3, 0.4) is 0 Å². The molecule has 0 bridgehead atoms. The zero-order valence-corrected chi connectivity index (χ0v) is 16.3. The van der Waals surface area contributed by atoms with Crippen molar-refractivity contribution in [2.45, 2.75) is 47.1 Å². The van der Waals surface area contributed by atoms with Crippen molar-refractivity contribution in [3.63, 3.8) is 0 Å². The van der Waals surface area contributed by atoms with Crippen molar-refractivity contribution in [1.29, 1.82) is 0 Å². The van der Waals surface area contributed by atoms with E-state index in [2.05, 4.69) is 24.3 Å². The van der Waals surface area contributed by atoms with Crippen molar-refractivity contribution in [2.75, 3.05) is 12.3 Å². The van der Waals surface area contributed by atoms with Gasteiger partial charge < -0.3 is 11.1 Å². The van der Waals surface area contributed by atoms with Crippen LogP contribution < -0.4 is 11.1 Å². The molecule has 1 heterocycles. The Balaban J connectivity index is 0.00000312. The summed E-state index contributed by atoms with van der Waals surface area (Å²) < 4.78 is 2.01. The van der Waals surface area contributed by atoms with Crippen LogP contribution in [0.4, 0.5) is 5.69 Å². The van der Waals surface area contributed by atoms with E-state index in [9.17, 15) is 4.79 Å². The zero-order valence-electron chi connectivity index (χ0n) is 15.5. The number of nitrogen functional groups attached to an aromatic ring is 1. The molecule has 1 amide bonds. The highest BCUT2D eigenvalue weighted by atomic mass is 35.5. The Morgan fingerprint density at radius 2 is 1.88 bits per heavy atom. The minimum absolute atomic E-state index is 0. The molecule has 2 rings (SSSR count). The Morgan fingerprint density at radius 3 is 2.48 bits per heavy atom. The number of halogens is 1. The molecule has 1 aromatic carbocycles. The van der Waals surface area contributed by atoms with Crippen LogP contribution in [0.15, 0.2) is 24.3 Å². The molecular formula is C19H29ClN4O. The second-order valence-electron chi connectivity index (χ2n) is 6.74. The molecule has 2 aromatic rings. The van der Waals surface area contributed by atoms with Gasteiger partial charge in [-0.15, -0.1) is 12.4 Å². The maximum Gasteiger partial charge on any atom is 0.224 e. The van der Waals surface area contributed by atoms with Gasteiger partial charge in [0.05, 0.1) is 12.1 Å². The normalized spacial score (nSPS) is 10.6. The molecule has 138 valence electrons. The number of nitrogens with one attached hydrogen (secondary N) is 1. The van der Waals surface area contributed by atoms with Crippen LogP contribution in [0.25, 0.3) is 0 Å². The number of nitrogens with two attached hydrogens (primary N) is 1. The summed E-state index contributed by atoms with van der Waals surface area (Å²) in [7, 11) is 0. The van der Waals surface area contributed by atoms with Gasteiger partial charge >= 0.3 is 0 Å². The summed E-state index contributed by atoms with van der Waals surface area (Å²) in [5, 5.41) is 7.56. The number of amides is 1. The highest BCUT2D eigenvalue weighted by Gasteiger charge is 2.15. The van der Waals surface area contributed by atoms with Gasteiger partial charge in [0.1, 0.15) is 0 Å². The lowest BCUT2D eigenvalue weighted by Gasteiger charge is -2.08. The van der Waals surface area contributed by atoms with Gasteiger partial charge in [-0.05, 0) is 43.9 Å². The third-order valence-corrected chi connectivity index (χ3v) is 4.12. The van der Waals surface area contributed by atoms with Crippen LogP contribution in [0.1, 0.15) is 36.4 Å². The van der Waals surface area contributed by atoms with Crippen molar-refractivity contribution in [3.05, 3.63) is 46.8 Å². The molecule has 0 aliphatic rings. The van der Waals surface area contributed by atoms with Crippen LogP contribution in [0.2, 0.25) is 0 Å². The fraction of sp³-hybridized carbons (Fsp3) is 0.474. The lowest BCUT2D eigenvalue weighted by Crippen LogP contribution is -2.27. The van der Waals surface area contributed by atoms with Gasteiger partial charge in [0.2, 0.25) is 5.91 Å². The Kier molecular flexibility index (Phi) is 7.97. The summed E-state index contributed by atoms with van der Waals surface area (Å²) in [6, 6.07) is 7.75. The number of rotatable bonds is 7. The van der Waals surface area contributed by atoms with Crippen molar-refractivity contribution in [1.82, 2.24) is 15.1 Å². The van der Waals surface area contributed by atoms with Gasteiger partial charge in [-0.2, -0.15) is 5.10 Å². The summed E-state index contributed by atoms with van der Waals surface area (Å²) in [4.78, 5) is 12.2. The van der Waals surface area contributed by atoms with Gasteiger partial charge in [0.25, 0.3) is 0 Å². The average molecular weight is 365 g/mol. The number of carbonyl (C=O) groups excluding carboxylic acids is 1. The molecule has 25 heavy (non-hydrogen) atoms. The van der Waals surface area contributed by atoms with Crippen LogP contribution in [-0.2, 0) is 24.2 Å². The summed E-state index contributed by atoms with van der Waals surface area (Å²) >= 11 is 0. The Bertz CT molecular complexity index is 692. The van der Waals surface area contributed by atoms with E-state index in [1.54, 1.807) is 0 Å². The van der Waals surface area contributed by atoms with Gasteiger partial charge in [-0.25, -0.2) is 0 Å². The first-order valence-corrected chi connectivity index (χ1v) is 8.50. The SMILES string of the molecule is Cc1nn(CC(C)C)c(C)c1CC(=O)NCCc1ccc(N)cc1.Cl. The van der Waals surface area contributed by atoms with E-state index < -0.39 is 0 Å². The molecule has 0 aliphatic carbocycles. The Morgan fingerprint density at radius 1 is 1.24 bits per heavy atom. The third-order valence-electron chi connectivity index (χ3n) is 4.12. The fourth-order valence-corrected chi connectivity index (χ4v) is 2.77. The molecule has 5 nitrogen and oxygen atoms in total. The molecule has 6 heteroatoms. The highest BCUT2D eigenvalue weighted by molar-refractivity contribution is 5.85. The molecule has 0 fully saturated rings. The largest absolute Gasteiger partial charge is 0.399 e. The standard InChI is InChI=1S/C19H28N4O.ClH/c1-13(2)12-23-15(4)18(14(3)22-23)11-19(24)21-10-9-16-5-7-17(20)8-6-16;/h5-8,13H,9-12,20H2,1-4H3,(H,21,24);1H. The van der Waals surface area contributed by atoms with Gasteiger partial charge in [-0.3, -0.25) is 9.48 Å². The maximum absolute atomic E-state index is 12.2. The third kappa shape index (κ3) is 6.09. The number of aryl methyl sites for hydroxylation is 1. The number of aromatic nitrogens is 2. The predicted octanol–water partition coefficient (Wildman–Crippen LogP) is 3.06. The molecule has 1 aromatic heterocycles. The van der Waals surface area contributed by atoms with Crippen molar-refractivity contribution in [2.24, 2.45) is 5.92 Å². The quantitative estimate of drug-likeness (QED) is 0.741. The summed E-state index contributed by atoms with van der Waals surface area (Å²) in [5.41, 5.74) is 10.7. The van der Waals surface area contributed by atoms with E-state index >= 15 is 0 Å². The first-order chi connectivity index (χ1) is 11.4. The van der Waals surface area contributed by atoms with Gasteiger partial charge in [0, 0.05) is 30.0 Å². The molecule has 3 N–H and O–H groups in total. The topological polar surface area (TPSA) is 72.9 Å².